The first kappa shape index (κ1) is 20.1. The summed E-state index contributed by atoms with van der Waals surface area (Å²) in [5, 5.41) is 16.5. The van der Waals surface area contributed by atoms with Crippen molar-refractivity contribution in [2.75, 3.05) is 46.4 Å². The van der Waals surface area contributed by atoms with Crippen molar-refractivity contribution in [2.24, 2.45) is 10.1 Å². The Bertz CT molecular complexity index is 1180. The molecule has 3 aromatic rings. The van der Waals surface area contributed by atoms with Crippen molar-refractivity contribution in [1.29, 1.82) is 0 Å². The maximum atomic E-state index is 10.7. The number of benzene rings is 2. The van der Waals surface area contributed by atoms with Gasteiger partial charge in [0.15, 0.2) is 5.88 Å². The number of fused-ring (bicyclic) bond motifs is 2. The number of likely N-dealkylation sites (N-methyl/N-ethyl adjacent to an activating group) is 1. The third-order valence-electron chi connectivity index (χ3n) is 5.84. The fourth-order valence-electron chi connectivity index (χ4n) is 4.08. The molecule has 31 heavy (non-hydrogen) atoms. The highest BCUT2D eigenvalue weighted by Crippen LogP contribution is 2.36. The lowest BCUT2D eigenvalue weighted by atomic mass is 10.0. The standard InChI is InChI=1S/C23H24ClN5O2/c1-28-8-10-29(11-9-28)12-13-31-27-21-16-4-2-3-5-18(16)25-22(21)20-17-14-15(24)6-7-19(17)26-23(20)30/h2-7,14,26,30H,8-13H2,1H3/b27-21+. The highest BCUT2D eigenvalue weighted by molar-refractivity contribution is 6.58. The number of aliphatic imine (C=N–C) groups is 1. The highest BCUT2D eigenvalue weighted by Gasteiger charge is 2.29. The van der Waals surface area contributed by atoms with Gasteiger partial charge in [-0.1, -0.05) is 35.0 Å². The van der Waals surface area contributed by atoms with E-state index in [2.05, 4.69) is 27.0 Å². The van der Waals surface area contributed by atoms with Crippen LogP contribution in [0.5, 0.6) is 5.88 Å². The van der Waals surface area contributed by atoms with Crippen LogP contribution in [0.15, 0.2) is 52.6 Å². The van der Waals surface area contributed by atoms with Crippen molar-refractivity contribution in [2.45, 2.75) is 0 Å². The van der Waals surface area contributed by atoms with Crippen molar-refractivity contribution in [3.05, 3.63) is 58.6 Å². The van der Waals surface area contributed by atoms with Crippen LogP contribution in [0.25, 0.3) is 10.9 Å². The second-order valence-corrected chi connectivity index (χ2v) is 8.37. The molecule has 7 nitrogen and oxygen atoms in total. The summed E-state index contributed by atoms with van der Waals surface area (Å²) in [5.74, 6) is 0.0361. The van der Waals surface area contributed by atoms with Crippen LogP contribution in [0.2, 0.25) is 5.02 Å². The van der Waals surface area contributed by atoms with Gasteiger partial charge in [0, 0.05) is 54.2 Å². The first-order valence-corrected chi connectivity index (χ1v) is 10.8. The van der Waals surface area contributed by atoms with Crippen LogP contribution in [-0.4, -0.2) is 77.7 Å². The predicted octanol–water partition coefficient (Wildman–Crippen LogP) is 3.63. The molecule has 0 amide bonds. The highest BCUT2D eigenvalue weighted by atomic mass is 35.5. The zero-order valence-corrected chi connectivity index (χ0v) is 18.1. The number of hydrogen-bond donors (Lipinski definition) is 2. The molecule has 0 bridgehead atoms. The average molecular weight is 438 g/mol. The molecule has 0 aliphatic carbocycles. The van der Waals surface area contributed by atoms with E-state index in [9.17, 15) is 5.11 Å². The summed E-state index contributed by atoms with van der Waals surface area (Å²) in [6, 6.07) is 13.2. The molecule has 0 radical (unpaired) electrons. The lowest BCUT2D eigenvalue weighted by Crippen LogP contribution is -2.45. The van der Waals surface area contributed by atoms with Crippen molar-refractivity contribution in [3.63, 3.8) is 0 Å². The zero-order chi connectivity index (χ0) is 21.4. The van der Waals surface area contributed by atoms with E-state index in [1.54, 1.807) is 6.07 Å². The van der Waals surface area contributed by atoms with Gasteiger partial charge in [-0.05, 0) is 31.3 Å². The molecule has 2 N–H and O–H groups in total. The average Bonchev–Trinajstić information content (AvgIpc) is 3.28. The van der Waals surface area contributed by atoms with Crippen LogP contribution in [0, 0.1) is 0 Å². The Hall–Kier alpha value is -2.87. The van der Waals surface area contributed by atoms with E-state index in [0.29, 0.717) is 28.6 Å². The van der Waals surface area contributed by atoms with E-state index in [4.69, 9.17) is 21.4 Å². The summed E-state index contributed by atoms with van der Waals surface area (Å²) < 4.78 is 0. The van der Waals surface area contributed by atoms with Gasteiger partial charge in [-0.15, -0.1) is 0 Å². The first-order chi connectivity index (χ1) is 15.1. The van der Waals surface area contributed by atoms with Crippen molar-refractivity contribution >= 4 is 39.6 Å². The molecular formula is C23H24ClN5O2. The molecule has 2 aliphatic rings. The van der Waals surface area contributed by atoms with E-state index in [0.717, 1.165) is 54.9 Å². The number of rotatable bonds is 5. The number of nitrogens with one attached hydrogen (secondary N) is 1. The van der Waals surface area contributed by atoms with Crippen LogP contribution >= 0.6 is 11.6 Å². The molecular weight excluding hydrogens is 414 g/mol. The molecule has 160 valence electrons. The number of aromatic nitrogens is 1. The van der Waals surface area contributed by atoms with E-state index in [1.807, 2.05) is 36.4 Å². The van der Waals surface area contributed by atoms with Crippen LogP contribution in [0.4, 0.5) is 5.69 Å². The molecule has 0 unspecified atom stereocenters. The molecule has 2 aliphatic heterocycles. The number of nitrogens with zero attached hydrogens (tertiary/aromatic N) is 4. The smallest absolute Gasteiger partial charge is 0.199 e. The second kappa shape index (κ2) is 8.34. The van der Waals surface area contributed by atoms with E-state index in [1.165, 1.54) is 0 Å². The molecule has 1 fully saturated rings. The monoisotopic (exact) mass is 437 g/mol. The fourth-order valence-corrected chi connectivity index (χ4v) is 4.25. The van der Waals surface area contributed by atoms with Gasteiger partial charge in [-0.3, -0.25) is 4.90 Å². The molecule has 1 aromatic heterocycles. The van der Waals surface area contributed by atoms with Crippen molar-refractivity contribution in [3.8, 4) is 5.88 Å². The van der Waals surface area contributed by atoms with Gasteiger partial charge in [-0.2, -0.15) is 0 Å². The van der Waals surface area contributed by atoms with Crippen LogP contribution in [-0.2, 0) is 4.84 Å². The summed E-state index contributed by atoms with van der Waals surface area (Å²) in [6.07, 6.45) is 0. The van der Waals surface area contributed by atoms with Gasteiger partial charge < -0.3 is 19.8 Å². The Morgan fingerprint density at radius 3 is 2.81 bits per heavy atom. The number of oxime groups is 1. The van der Waals surface area contributed by atoms with Gasteiger partial charge in [0.1, 0.15) is 18.0 Å². The largest absolute Gasteiger partial charge is 0.494 e. The molecule has 2 aromatic carbocycles. The lowest BCUT2D eigenvalue weighted by molar-refractivity contribution is 0.0864. The number of para-hydroxylation sites is 1. The Kier molecular flexibility index (Phi) is 5.40. The Labute approximate surface area is 185 Å². The van der Waals surface area contributed by atoms with E-state index in [-0.39, 0.29) is 5.88 Å². The zero-order valence-electron chi connectivity index (χ0n) is 17.3. The number of aromatic amines is 1. The number of hydrogen-bond acceptors (Lipinski definition) is 6. The topological polar surface area (TPSA) is 76.5 Å². The molecule has 0 spiro atoms. The minimum absolute atomic E-state index is 0.0361. The van der Waals surface area contributed by atoms with Gasteiger partial charge in [0.2, 0.25) is 0 Å². The first-order valence-electron chi connectivity index (χ1n) is 10.4. The van der Waals surface area contributed by atoms with Crippen molar-refractivity contribution in [1.82, 2.24) is 14.8 Å². The Morgan fingerprint density at radius 2 is 1.97 bits per heavy atom. The molecule has 1 saturated heterocycles. The maximum Gasteiger partial charge on any atom is 0.199 e. The quantitative estimate of drug-likeness (QED) is 0.472. The van der Waals surface area contributed by atoms with Crippen molar-refractivity contribution < 1.29 is 9.94 Å². The van der Waals surface area contributed by atoms with Gasteiger partial charge >= 0.3 is 0 Å². The predicted molar refractivity (Wildman–Crippen MR) is 124 cm³/mol. The Morgan fingerprint density at radius 1 is 1.16 bits per heavy atom. The van der Waals surface area contributed by atoms with Crippen LogP contribution < -0.4 is 0 Å². The number of halogens is 1. The minimum Gasteiger partial charge on any atom is -0.494 e. The summed E-state index contributed by atoms with van der Waals surface area (Å²) >= 11 is 6.22. The van der Waals surface area contributed by atoms with Gasteiger partial charge in [0.25, 0.3) is 0 Å². The van der Waals surface area contributed by atoms with Crippen LogP contribution in [0.1, 0.15) is 11.1 Å². The number of H-pyrrole nitrogens is 1. The number of piperazine rings is 1. The third-order valence-corrected chi connectivity index (χ3v) is 6.08. The number of aromatic hydroxyl groups is 1. The third kappa shape index (κ3) is 3.92. The van der Waals surface area contributed by atoms with Gasteiger partial charge in [0.05, 0.1) is 11.3 Å². The summed E-state index contributed by atoms with van der Waals surface area (Å²) in [7, 11) is 2.14. The maximum absolute atomic E-state index is 10.7. The van der Waals surface area contributed by atoms with E-state index < -0.39 is 0 Å². The minimum atomic E-state index is 0.0361. The normalized spacial score (nSPS) is 18.5. The fraction of sp³-hybridized carbons (Fsp3) is 0.304. The molecule has 3 heterocycles. The summed E-state index contributed by atoms with van der Waals surface area (Å²) in [5.41, 5.74) is 4.24. The molecule has 8 heteroatoms. The van der Waals surface area contributed by atoms with E-state index >= 15 is 0 Å². The van der Waals surface area contributed by atoms with Crippen LogP contribution in [0.3, 0.4) is 0 Å². The lowest BCUT2D eigenvalue weighted by Gasteiger charge is -2.31. The second-order valence-electron chi connectivity index (χ2n) is 7.93. The SMILES string of the molecule is CN1CCN(CCO/N=C2/C(c3c(O)[nH]c4ccc(Cl)cc34)=Nc3ccccc32)CC1. The molecule has 0 saturated carbocycles. The molecule has 0 atom stereocenters. The summed E-state index contributed by atoms with van der Waals surface area (Å²) in [4.78, 5) is 18.2. The molecule has 5 rings (SSSR count). The summed E-state index contributed by atoms with van der Waals surface area (Å²) in [6.45, 7) is 5.54. The Balaban J connectivity index is 1.43. The van der Waals surface area contributed by atoms with Gasteiger partial charge in [-0.25, -0.2) is 4.99 Å².